The molecule has 0 fully saturated rings. The second-order valence-corrected chi connectivity index (χ2v) is 11.6. The Hall–Kier alpha value is -1.11. The van der Waals surface area contributed by atoms with Gasteiger partial charge in [0.2, 0.25) is 0 Å². The summed E-state index contributed by atoms with van der Waals surface area (Å²) in [7, 11) is 0. The Balaban J connectivity index is -0.000000367. The monoisotopic (exact) mass is 513 g/mol. The van der Waals surface area contributed by atoms with Crippen LogP contribution in [0.4, 0.5) is 0 Å². The molecule has 0 saturated carbocycles. The van der Waals surface area contributed by atoms with Crippen molar-refractivity contribution in [2.24, 2.45) is 0 Å². The molecule has 0 atom stereocenters. The third-order valence-electron chi connectivity index (χ3n) is 3.68. The summed E-state index contributed by atoms with van der Waals surface area (Å²) < 4.78 is 12.3. The molecule has 6 heteroatoms. The minimum atomic E-state index is 0.222. The van der Waals surface area contributed by atoms with Crippen molar-refractivity contribution in [3.05, 3.63) is 51.4 Å². The van der Waals surface area contributed by atoms with Crippen molar-refractivity contribution < 1.29 is 0 Å². The molecular weight excluding hydrogens is 463 g/mol. The lowest BCUT2D eigenvalue weighted by Crippen LogP contribution is -2.10. The van der Waals surface area contributed by atoms with Crippen molar-refractivity contribution in [2.45, 2.75) is 120 Å². The molecule has 0 N–H and O–H groups in total. The number of hydrogen-bond donors (Lipinski definition) is 0. The van der Waals surface area contributed by atoms with Crippen LogP contribution in [0.3, 0.4) is 0 Å². The topological polar surface area (TPSA) is 38.7 Å². The lowest BCUT2D eigenvalue weighted by atomic mass is 9.90. The zero-order valence-electron chi connectivity index (χ0n) is 24.0. The lowest BCUT2D eigenvalue weighted by molar-refractivity contribution is 0.576. The average molecular weight is 514 g/mol. The Bertz CT molecular complexity index is 621. The van der Waals surface area contributed by atoms with Crippen LogP contribution in [0.5, 0.6) is 0 Å². The molecule has 0 saturated heterocycles. The summed E-state index contributed by atoms with van der Waals surface area (Å²) in [6.45, 7) is 31.7. The quantitative estimate of drug-likeness (QED) is 0.300. The first kappa shape index (κ1) is 36.5. The molecule has 0 aliphatic heterocycles. The largest absolute Gasteiger partial charge is 0.201 e. The number of rotatable bonds is 0. The van der Waals surface area contributed by atoms with Crippen LogP contribution < -0.4 is 0 Å². The minimum absolute atomic E-state index is 0.222. The van der Waals surface area contributed by atoms with Gasteiger partial charge in [-0.15, -0.1) is 0 Å². The van der Waals surface area contributed by atoms with Crippen LogP contribution in [0.25, 0.3) is 0 Å². The van der Waals surface area contributed by atoms with Gasteiger partial charge in [-0.05, 0) is 63.1 Å². The van der Waals surface area contributed by atoms with Crippen molar-refractivity contribution in [1.29, 1.82) is 0 Å². The maximum Gasteiger partial charge on any atom is 0.0595 e. The maximum atomic E-state index is 4.23. The predicted octanol–water partition coefficient (Wildman–Crippen LogP) is 10.4. The highest BCUT2D eigenvalue weighted by Gasteiger charge is 2.15. The molecule has 0 aliphatic rings. The molecule has 0 bridgehead atoms. The molecule has 0 aromatic carbocycles. The van der Waals surface area contributed by atoms with E-state index in [1.165, 1.54) is 39.2 Å². The van der Waals surface area contributed by atoms with Crippen LogP contribution in [-0.4, -0.2) is 13.1 Å². The molecule has 3 aromatic heterocycles. The molecule has 0 amide bonds. The summed E-state index contributed by atoms with van der Waals surface area (Å²) >= 11 is 4.61. The van der Waals surface area contributed by atoms with Crippen molar-refractivity contribution in [1.82, 2.24) is 13.1 Å². The summed E-state index contributed by atoms with van der Waals surface area (Å²) in [5.41, 5.74) is 3.29. The fraction of sp³-hybridized carbons (Fsp3) is 0.667. The van der Waals surface area contributed by atoms with Gasteiger partial charge in [-0.2, -0.15) is 4.37 Å². The third kappa shape index (κ3) is 18.0. The van der Waals surface area contributed by atoms with E-state index in [9.17, 15) is 0 Å². The summed E-state index contributed by atoms with van der Waals surface area (Å²) in [4.78, 5) is 1.35. The van der Waals surface area contributed by atoms with Crippen LogP contribution in [0.1, 0.15) is 120 Å². The van der Waals surface area contributed by atoms with Crippen LogP contribution in [0, 0.1) is 0 Å². The molecule has 0 unspecified atom stereocenters. The summed E-state index contributed by atoms with van der Waals surface area (Å²) in [6.07, 6.45) is 3.79. The van der Waals surface area contributed by atoms with E-state index in [0.717, 1.165) is 0 Å². The first-order valence-electron chi connectivity index (χ1n) is 12.0. The molecule has 0 radical (unpaired) electrons. The highest BCUT2D eigenvalue weighted by molar-refractivity contribution is 7.05. The Morgan fingerprint density at radius 1 is 0.636 bits per heavy atom. The summed E-state index contributed by atoms with van der Waals surface area (Å²) in [5, 5.41) is 4.11. The number of hydrogen-bond acceptors (Lipinski definition) is 6. The molecule has 3 heterocycles. The van der Waals surface area contributed by atoms with E-state index in [4.69, 9.17) is 0 Å². The van der Waals surface area contributed by atoms with Crippen LogP contribution in [0.15, 0.2) is 35.3 Å². The smallest absolute Gasteiger partial charge is 0.0595 e. The number of aromatic nitrogens is 3. The fourth-order valence-electron chi connectivity index (χ4n) is 1.78. The number of nitrogens with zero attached hydrogens (tertiary/aromatic N) is 3. The second kappa shape index (κ2) is 19.2. The zero-order chi connectivity index (χ0) is 26.7. The van der Waals surface area contributed by atoms with E-state index >= 15 is 0 Å². The van der Waals surface area contributed by atoms with E-state index < -0.39 is 0 Å². The molecule has 0 aliphatic carbocycles. The van der Waals surface area contributed by atoms with Gasteiger partial charge in [-0.3, -0.25) is 0 Å². The molecule has 33 heavy (non-hydrogen) atoms. The van der Waals surface area contributed by atoms with E-state index in [1.807, 2.05) is 59.3 Å². The van der Waals surface area contributed by atoms with Crippen molar-refractivity contribution in [2.75, 3.05) is 0 Å². The average Bonchev–Trinajstić information content (AvgIpc) is 3.55. The maximum absolute atomic E-state index is 4.23. The van der Waals surface area contributed by atoms with Crippen LogP contribution >= 0.6 is 34.6 Å². The molecule has 3 rings (SSSR count). The van der Waals surface area contributed by atoms with E-state index in [1.54, 1.807) is 11.5 Å². The predicted molar refractivity (Wildman–Crippen MR) is 156 cm³/mol. The van der Waals surface area contributed by atoms with Gasteiger partial charge in [0.05, 0.1) is 5.69 Å². The van der Waals surface area contributed by atoms with Gasteiger partial charge in [-0.25, -0.2) is 8.75 Å². The summed E-state index contributed by atoms with van der Waals surface area (Å²) in [6, 6.07) is 4.15. The molecule has 3 aromatic rings. The first-order chi connectivity index (χ1) is 15.3. The molecule has 3 nitrogen and oxygen atoms in total. The van der Waals surface area contributed by atoms with Crippen molar-refractivity contribution in [3.8, 4) is 0 Å². The standard InChI is InChI=1S/3C7H11NS.3C2H6/c1-7(2,3)6-4-8-9-5-6;1-7(2,3)6-4-5-9-8-6;1-7(2,3)6-4-5-8-9-6;3*1-2/h3*4-5H,1-3H3;3*1-2H3. The molecule has 0 spiro atoms. The Morgan fingerprint density at radius 3 is 1.36 bits per heavy atom. The molecular formula is C27H51N3S3. The fourth-order valence-corrected chi connectivity index (χ4v) is 3.87. The van der Waals surface area contributed by atoms with Gasteiger partial charge in [-0.1, -0.05) is 104 Å². The Labute approximate surface area is 218 Å². The van der Waals surface area contributed by atoms with E-state index in [-0.39, 0.29) is 16.2 Å². The first-order valence-corrected chi connectivity index (χ1v) is 14.5. The zero-order valence-corrected chi connectivity index (χ0v) is 26.5. The van der Waals surface area contributed by atoms with Gasteiger partial charge in [0.25, 0.3) is 0 Å². The van der Waals surface area contributed by atoms with E-state index in [2.05, 4.69) is 92.9 Å². The lowest BCUT2D eigenvalue weighted by Gasteiger charge is -2.14. The van der Waals surface area contributed by atoms with Gasteiger partial charge >= 0.3 is 0 Å². The van der Waals surface area contributed by atoms with Gasteiger partial charge in [0, 0.05) is 33.4 Å². The summed E-state index contributed by atoms with van der Waals surface area (Å²) in [5.74, 6) is 0. The third-order valence-corrected chi connectivity index (χ3v) is 6.00. The molecule has 192 valence electrons. The minimum Gasteiger partial charge on any atom is -0.201 e. The van der Waals surface area contributed by atoms with Gasteiger partial charge in [0.15, 0.2) is 0 Å². The van der Waals surface area contributed by atoms with Crippen LogP contribution in [0.2, 0.25) is 0 Å². The van der Waals surface area contributed by atoms with Gasteiger partial charge < -0.3 is 0 Å². The van der Waals surface area contributed by atoms with Gasteiger partial charge in [0.1, 0.15) is 0 Å². The Kier molecular flexibility index (Phi) is 21.2. The van der Waals surface area contributed by atoms with Crippen molar-refractivity contribution in [3.63, 3.8) is 0 Å². The van der Waals surface area contributed by atoms with E-state index in [0.29, 0.717) is 0 Å². The second-order valence-electron chi connectivity index (χ2n) is 9.42. The SMILES string of the molecule is CC.CC.CC.CC(C)(C)c1ccns1.CC(C)(C)c1ccsn1.CC(C)(C)c1cnsc1. The van der Waals surface area contributed by atoms with Crippen LogP contribution in [-0.2, 0) is 16.2 Å². The normalized spacial score (nSPS) is 10.3. The highest BCUT2D eigenvalue weighted by atomic mass is 32.1. The van der Waals surface area contributed by atoms with Crippen molar-refractivity contribution >= 4 is 34.6 Å². The Morgan fingerprint density at radius 2 is 1.18 bits per heavy atom. The highest BCUT2D eigenvalue weighted by Crippen LogP contribution is 2.24.